The van der Waals surface area contributed by atoms with Crippen molar-refractivity contribution in [1.82, 2.24) is 9.29 Å². The molecule has 6 nitrogen and oxygen atoms in total. The molecule has 2 heterocycles. The second kappa shape index (κ2) is 5.97. The van der Waals surface area contributed by atoms with E-state index < -0.39 is 10.0 Å². The van der Waals surface area contributed by atoms with Gasteiger partial charge in [-0.3, -0.25) is 4.79 Å². The summed E-state index contributed by atoms with van der Waals surface area (Å²) in [4.78, 5) is 15.4. The number of hydrogen-bond acceptors (Lipinski definition) is 6. The molecule has 0 aromatic carbocycles. The van der Waals surface area contributed by atoms with Crippen molar-refractivity contribution in [1.29, 1.82) is 0 Å². The molecule has 0 bridgehead atoms. The Labute approximate surface area is 126 Å². The number of halogens is 1. The van der Waals surface area contributed by atoms with E-state index in [1.54, 1.807) is 6.92 Å². The number of methoxy groups -OCH3 is 1. The van der Waals surface area contributed by atoms with Crippen molar-refractivity contribution in [3.8, 4) is 0 Å². The normalized spacial score (nSPS) is 18.1. The average molecular weight is 339 g/mol. The lowest BCUT2D eigenvalue weighted by atomic mass is 9.99. The first-order valence-electron chi connectivity index (χ1n) is 6.07. The van der Waals surface area contributed by atoms with Gasteiger partial charge >= 0.3 is 5.97 Å². The average Bonchev–Trinajstić information content (AvgIpc) is 2.77. The van der Waals surface area contributed by atoms with Crippen LogP contribution in [0.3, 0.4) is 0 Å². The van der Waals surface area contributed by atoms with E-state index in [0.717, 1.165) is 11.3 Å². The fourth-order valence-electron chi connectivity index (χ4n) is 2.21. The highest BCUT2D eigenvalue weighted by molar-refractivity contribution is 7.91. The molecule has 0 unspecified atom stereocenters. The number of hydrogen-bond donors (Lipinski definition) is 0. The molecule has 0 aliphatic carbocycles. The van der Waals surface area contributed by atoms with Gasteiger partial charge in [-0.05, 0) is 19.8 Å². The number of thiazole rings is 1. The molecule has 1 aromatic rings. The topological polar surface area (TPSA) is 76.6 Å². The highest BCUT2D eigenvalue weighted by atomic mass is 35.5. The Morgan fingerprint density at radius 2 is 2.05 bits per heavy atom. The number of aryl methyl sites for hydroxylation is 1. The number of ether oxygens (including phenoxy) is 1. The number of nitrogens with zero attached hydrogens (tertiary/aromatic N) is 2. The Hall–Kier alpha value is -0.700. The molecule has 0 radical (unpaired) electrons. The van der Waals surface area contributed by atoms with Crippen molar-refractivity contribution in [2.45, 2.75) is 24.0 Å². The first-order valence-corrected chi connectivity index (χ1v) is 8.70. The standard InChI is InChI=1S/C11H15ClN2O4S2/c1-7-10(19-11(12)13-7)20(16,17)14-5-3-8(4-6-14)9(15)18-2/h8H,3-6H2,1-2H3. The van der Waals surface area contributed by atoms with Gasteiger partial charge in [-0.2, -0.15) is 4.31 Å². The number of carbonyl (C=O) groups is 1. The summed E-state index contributed by atoms with van der Waals surface area (Å²) in [6.07, 6.45) is 0.939. The molecule has 2 rings (SSSR count). The zero-order valence-electron chi connectivity index (χ0n) is 11.1. The van der Waals surface area contributed by atoms with Gasteiger partial charge in [0.25, 0.3) is 10.0 Å². The van der Waals surface area contributed by atoms with E-state index in [1.807, 2.05) is 0 Å². The quantitative estimate of drug-likeness (QED) is 0.784. The van der Waals surface area contributed by atoms with Crippen LogP contribution in [0.25, 0.3) is 0 Å². The van der Waals surface area contributed by atoms with Crippen LogP contribution in [0.4, 0.5) is 0 Å². The highest BCUT2D eigenvalue weighted by Crippen LogP contribution is 2.31. The van der Waals surface area contributed by atoms with Crippen LogP contribution in [0.15, 0.2) is 4.21 Å². The van der Waals surface area contributed by atoms with Crippen LogP contribution in [0.5, 0.6) is 0 Å². The number of carbonyl (C=O) groups excluding carboxylic acids is 1. The molecule has 0 atom stereocenters. The molecule has 20 heavy (non-hydrogen) atoms. The van der Waals surface area contributed by atoms with Crippen LogP contribution in [0.1, 0.15) is 18.5 Å². The van der Waals surface area contributed by atoms with Crippen molar-refractivity contribution < 1.29 is 17.9 Å². The third-order valence-corrected chi connectivity index (χ3v) is 7.04. The molecule has 0 spiro atoms. The van der Waals surface area contributed by atoms with Crippen LogP contribution in [0, 0.1) is 12.8 Å². The van der Waals surface area contributed by atoms with Crippen molar-refractivity contribution in [3.63, 3.8) is 0 Å². The number of rotatable bonds is 3. The molecular weight excluding hydrogens is 324 g/mol. The summed E-state index contributed by atoms with van der Waals surface area (Å²) in [5.41, 5.74) is 0.412. The van der Waals surface area contributed by atoms with Crippen LogP contribution < -0.4 is 0 Å². The SMILES string of the molecule is COC(=O)C1CCN(S(=O)(=O)c2sc(Cl)nc2C)CC1. The second-order valence-corrected chi connectivity index (χ2v) is 8.26. The molecule has 9 heteroatoms. The smallest absolute Gasteiger partial charge is 0.308 e. The Kier molecular flexibility index (Phi) is 4.68. The summed E-state index contributed by atoms with van der Waals surface area (Å²) in [5, 5.41) is 0. The van der Waals surface area contributed by atoms with Gasteiger partial charge in [0.05, 0.1) is 18.7 Å². The fourth-order valence-corrected chi connectivity index (χ4v) is 5.55. The van der Waals surface area contributed by atoms with E-state index in [-0.39, 0.29) is 20.6 Å². The molecule has 0 amide bonds. The van der Waals surface area contributed by atoms with Crippen LogP contribution in [0.2, 0.25) is 4.47 Å². The fraction of sp³-hybridized carbons (Fsp3) is 0.636. The van der Waals surface area contributed by atoms with Gasteiger partial charge in [0.1, 0.15) is 0 Å². The minimum Gasteiger partial charge on any atom is -0.469 e. The van der Waals surface area contributed by atoms with Crippen molar-refractivity contribution in [3.05, 3.63) is 10.2 Å². The Morgan fingerprint density at radius 3 is 2.50 bits per heavy atom. The third-order valence-electron chi connectivity index (χ3n) is 3.29. The van der Waals surface area contributed by atoms with Crippen molar-refractivity contribution in [2.75, 3.05) is 20.2 Å². The molecule has 1 saturated heterocycles. The number of piperidine rings is 1. The van der Waals surface area contributed by atoms with Crippen molar-refractivity contribution in [2.24, 2.45) is 5.92 Å². The largest absolute Gasteiger partial charge is 0.469 e. The predicted octanol–water partition coefficient (Wildman–Crippen LogP) is 1.68. The zero-order chi connectivity index (χ0) is 14.9. The summed E-state index contributed by atoms with van der Waals surface area (Å²) < 4.78 is 31.4. The van der Waals surface area contributed by atoms with E-state index >= 15 is 0 Å². The van der Waals surface area contributed by atoms with Gasteiger partial charge in [0.2, 0.25) is 0 Å². The summed E-state index contributed by atoms with van der Waals surface area (Å²) >= 11 is 6.72. The summed E-state index contributed by atoms with van der Waals surface area (Å²) in [6, 6.07) is 0. The Bertz CT molecular complexity index is 606. The third kappa shape index (κ3) is 2.98. The van der Waals surface area contributed by atoms with E-state index in [2.05, 4.69) is 9.72 Å². The van der Waals surface area contributed by atoms with Crippen molar-refractivity contribution >= 4 is 38.9 Å². The van der Waals surface area contributed by atoms with E-state index in [0.29, 0.717) is 31.6 Å². The number of sulfonamides is 1. The molecule has 1 fully saturated rings. The summed E-state index contributed by atoms with van der Waals surface area (Å²) in [6.45, 7) is 2.23. The molecule has 112 valence electrons. The summed E-state index contributed by atoms with van der Waals surface area (Å²) in [7, 11) is -2.23. The monoisotopic (exact) mass is 338 g/mol. The van der Waals surface area contributed by atoms with E-state index in [4.69, 9.17) is 11.6 Å². The molecular formula is C11H15ClN2O4S2. The second-order valence-electron chi connectivity index (χ2n) is 4.54. The molecule has 1 aliphatic heterocycles. The minimum absolute atomic E-state index is 0.180. The zero-order valence-corrected chi connectivity index (χ0v) is 13.5. The van der Waals surface area contributed by atoms with Gasteiger partial charge in [-0.15, -0.1) is 0 Å². The van der Waals surface area contributed by atoms with Gasteiger partial charge in [0.15, 0.2) is 8.68 Å². The van der Waals surface area contributed by atoms with Gasteiger partial charge < -0.3 is 4.74 Å². The number of aromatic nitrogens is 1. The first kappa shape index (κ1) is 15.7. The summed E-state index contributed by atoms with van der Waals surface area (Å²) in [5.74, 6) is -0.503. The van der Waals surface area contributed by atoms with Gasteiger partial charge in [0, 0.05) is 13.1 Å². The lowest BCUT2D eigenvalue weighted by molar-refractivity contribution is -0.146. The van der Waals surface area contributed by atoms with Gasteiger partial charge in [-0.25, -0.2) is 13.4 Å². The number of esters is 1. The molecule has 0 saturated carbocycles. The highest BCUT2D eigenvalue weighted by Gasteiger charge is 2.34. The Balaban J connectivity index is 2.14. The Morgan fingerprint density at radius 1 is 1.45 bits per heavy atom. The lowest BCUT2D eigenvalue weighted by Crippen LogP contribution is -2.40. The van der Waals surface area contributed by atoms with E-state index in [9.17, 15) is 13.2 Å². The van der Waals surface area contributed by atoms with E-state index in [1.165, 1.54) is 11.4 Å². The molecule has 1 aromatic heterocycles. The lowest BCUT2D eigenvalue weighted by Gasteiger charge is -2.29. The predicted molar refractivity (Wildman–Crippen MR) is 75.4 cm³/mol. The van der Waals surface area contributed by atoms with Gasteiger partial charge in [-0.1, -0.05) is 22.9 Å². The molecule has 1 aliphatic rings. The van der Waals surface area contributed by atoms with Crippen LogP contribution in [-0.4, -0.2) is 43.9 Å². The maximum absolute atomic E-state index is 12.5. The minimum atomic E-state index is -3.57. The first-order chi connectivity index (χ1) is 9.36. The van der Waals surface area contributed by atoms with Crippen LogP contribution >= 0.6 is 22.9 Å². The maximum Gasteiger partial charge on any atom is 0.308 e. The van der Waals surface area contributed by atoms with Crippen LogP contribution in [-0.2, 0) is 19.6 Å². The maximum atomic E-state index is 12.5. The molecule has 0 N–H and O–H groups in total.